The minimum atomic E-state index is -3.13. The summed E-state index contributed by atoms with van der Waals surface area (Å²) < 4.78 is 21.5. The first-order valence-electron chi connectivity index (χ1n) is 4.71. The van der Waals surface area contributed by atoms with Crippen LogP contribution in [0.4, 0.5) is 4.79 Å². The summed E-state index contributed by atoms with van der Waals surface area (Å²) in [6.07, 6.45) is 1.31. The van der Waals surface area contributed by atoms with Crippen molar-refractivity contribution in [2.75, 3.05) is 18.6 Å². The van der Waals surface area contributed by atoms with Gasteiger partial charge in [0.05, 0.1) is 5.75 Å². The third-order valence-electron chi connectivity index (χ3n) is 1.77. The molecule has 0 saturated heterocycles. The normalized spacial score (nSPS) is 12.9. The van der Waals surface area contributed by atoms with Crippen LogP contribution in [0, 0.1) is 0 Å². The van der Waals surface area contributed by atoms with Crippen molar-refractivity contribution in [1.29, 1.82) is 0 Å². The highest BCUT2D eigenvalue weighted by atomic mass is 32.2. The summed E-state index contributed by atoms with van der Waals surface area (Å²) >= 11 is 0. The Hall–Kier alpha value is -1.31. The summed E-state index contributed by atoms with van der Waals surface area (Å²) in [6.45, 7) is 1.58. The Bertz CT molecular complexity index is 351. The molecular formula is C8H16N2O5S. The van der Waals surface area contributed by atoms with E-state index in [0.717, 1.165) is 6.26 Å². The first-order chi connectivity index (χ1) is 7.26. The SMILES string of the molecule is CCC(NC(=O)NCCS(C)(=O)=O)C(=O)O. The van der Waals surface area contributed by atoms with E-state index in [9.17, 15) is 18.0 Å². The number of carbonyl (C=O) groups is 2. The standard InChI is InChI=1S/C8H16N2O5S/c1-3-6(7(11)12)10-8(13)9-4-5-16(2,14)15/h6H,3-5H2,1-2H3,(H,11,12)(H2,9,10,13). The number of urea groups is 1. The molecule has 0 aromatic rings. The number of aliphatic carboxylic acids is 1. The van der Waals surface area contributed by atoms with Crippen molar-refractivity contribution in [3.05, 3.63) is 0 Å². The Labute approximate surface area is 94.1 Å². The van der Waals surface area contributed by atoms with E-state index < -0.39 is 27.9 Å². The molecule has 0 radical (unpaired) electrons. The number of amides is 2. The molecule has 1 unspecified atom stereocenters. The Balaban J connectivity index is 3.95. The smallest absolute Gasteiger partial charge is 0.326 e. The molecule has 2 amide bonds. The number of carboxylic acid groups (broad SMARTS) is 1. The number of hydrogen-bond donors (Lipinski definition) is 3. The molecule has 1 atom stereocenters. The lowest BCUT2D eigenvalue weighted by Crippen LogP contribution is -2.46. The molecule has 0 aromatic heterocycles. The predicted molar refractivity (Wildman–Crippen MR) is 58.0 cm³/mol. The molecule has 0 rings (SSSR count). The highest BCUT2D eigenvalue weighted by molar-refractivity contribution is 7.90. The van der Waals surface area contributed by atoms with Crippen molar-refractivity contribution in [3.8, 4) is 0 Å². The zero-order chi connectivity index (χ0) is 12.8. The monoisotopic (exact) mass is 252 g/mol. The van der Waals surface area contributed by atoms with Crippen molar-refractivity contribution in [2.24, 2.45) is 0 Å². The average Bonchev–Trinajstić information content (AvgIpc) is 2.11. The third-order valence-corrected chi connectivity index (χ3v) is 2.72. The molecule has 94 valence electrons. The van der Waals surface area contributed by atoms with Crippen LogP contribution in [-0.4, -0.2) is 50.1 Å². The topological polar surface area (TPSA) is 113 Å². The molecule has 0 spiro atoms. The number of nitrogens with one attached hydrogen (secondary N) is 2. The van der Waals surface area contributed by atoms with Crippen molar-refractivity contribution in [2.45, 2.75) is 19.4 Å². The Morgan fingerprint density at radius 1 is 1.38 bits per heavy atom. The second-order valence-corrected chi connectivity index (χ2v) is 5.59. The lowest BCUT2D eigenvalue weighted by atomic mass is 10.2. The first kappa shape index (κ1) is 14.7. The van der Waals surface area contributed by atoms with E-state index in [0.29, 0.717) is 0 Å². The number of carboxylic acids is 1. The van der Waals surface area contributed by atoms with Gasteiger partial charge in [0, 0.05) is 12.8 Å². The number of carbonyl (C=O) groups excluding carboxylic acids is 1. The number of rotatable bonds is 6. The average molecular weight is 252 g/mol. The van der Waals surface area contributed by atoms with Crippen LogP contribution in [0.1, 0.15) is 13.3 Å². The van der Waals surface area contributed by atoms with Crippen LogP contribution in [0.15, 0.2) is 0 Å². The lowest BCUT2D eigenvalue weighted by molar-refractivity contribution is -0.139. The van der Waals surface area contributed by atoms with Gasteiger partial charge in [-0.3, -0.25) is 0 Å². The van der Waals surface area contributed by atoms with Crippen LogP contribution in [0.2, 0.25) is 0 Å². The Morgan fingerprint density at radius 3 is 2.31 bits per heavy atom. The molecule has 0 saturated carbocycles. The second kappa shape index (κ2) is 6.31. The third kappa shape index (κ3) is 7.04. The van der Waals surface area contributed by atoms with E-state index >= 15 is 0 Å². The van der Waals surface area contributed by atoms with Crippen molar-refractivity contribution in [3.63, 3.8) is 0 Å². The van der Waals surface area contributed by atoms with Gasteiger partial charge in [-0.2, -0.15) is 0 Å². The molecule has 16 heavy (non-hydrogen) atoms. The number of sulfone groups is 1. The Morgan fingerprint density at radius 2 is 1.94 bits per heavy atom. The zero-order valence-electron chi connectivity index (χ0n) is 9.19. The molecule has 0 aromatic carbocycles. The molecule has 0 aliphatic rings. The van der Waals surface area contributed by atoms with Crippen LogP contribution < -0.4 is 10.6 Å². The number of hydrogen-bond acceptors (Lipinski definition) is 4. The van der Waals surface area contributed by atoms with Gasteiger partial charge in [0.15, 0.2) is 0 Å². The largest absolute Gasteiger partial charge is 0.480 e. The minimum Gasteiger partial charge on any atom is -0.480 e. The summed E-state index contributed by atoms with van der Waals surface area (Å²) in [5, 5.41) is 13.1. The first-order valence-corrected chi connectivity index (χ1v) is 6.77. The van der Waals surface area contributed by atoms with Gasteiger partial charge in [-0.1, -0.05) is 6.92 Å². The second-order valence-electron chi connectivity index (χ2n) is 3.33. The fourth-order valence-corrected chi connectivity index (χ4v) is 1.37. The van der Waals surface area contributed by atoms with E-state index in [2.05, 4.69) is 10.6 Å². The fourth-order valence-electron chi connectivity index (χ4n) is 0.898. The summed E-state index contributed by atoms with van der Waals surface area (Å²) in [7, 11) is -3.13. The van der Waals surface area contributed by atoms with Crippen LogP contribution in [0.25, 0.3) is 0 Å². The lowest BCUT2D eigenvalue weighted by Gasteiger charge is -2.12. The van der Waals surface area contributed by atoms with Gasteiger partial charge >= 0.3 is 12.0 Å². The van der Waals surface area contributed by atoms with E-state index in [1.165, 1.54) is 0 Å². The molecule has 3 N–H and O–H groups in total. The van der Waals surface area contributed by atoms with E-state index in [1.54, 1.807) is 6.92 Å². The summed E-state index contributed by atoms with van der Waals surface area (Å²) in [6, 6.07) is -1.64. The molecule has 7 nitrogen and oxygen atoms in total. The minimum absolute atomic E-state index is 0.0410. The van der Waals surface area contributed by atoms with E-state index in [1.807, 2.05) is 0 Å². The van der Waals surface area contributed by atoms with Crippen molar-refractivity contribution in [1.82, 2.24) is 10.6 Å². The van der Waals surface area contributed by atoms with Gasteiger partial charge in [-0.25, -0.2) is 18.0 Å². The molecule has 0 heterocycles. The van der Waals surface area contributed by atoms with Crippen LogP contribution in [0.3, 0.4) is 0 Å². The molecule has 8 heteroatoms. The molecule has 0 aliphatic heterocycles. The zero-order valence-corrected chi connectivity index (χ0v) is 10.0. The van der Waals surface area contributed by atoms with Gasteiger partial charge in [0.2, 0.25) is 0 Å². The maximum atomic E-state index is 11.1. The Kier molecular flexibility index (Phi) is 5.79. The van der Waals surface area contributed by atoms with Gasteiger partial charge in [0.1, 0.15) is 15.9 Å². The highest BCUT2D eigenvalue weighted by Crippen LogP contribution is 1.90. The van der Waals surface area contributed by atoms with Crippen LogP contribution in [0.5, 0.6) is 0 Å². The van der Waals surface area contributed by atoms with Crippen molar-refractivity contribution >= 4 is 21.8 Å². The predicted octanol–water partition coefficient (Wildman–Crippen LogP) is -0.807. The molecule has 0 aliphatic carbocycles. The van der Waals surface area contributed by atoms with Gasteiger partial charge in [0.25, 0.3) is 0 Å². The maximum absolute atomic E-state index is 11.1. The summed E-state index contributed by atoms with van der Waals surface area (Å²) in [5.74, 6) is -1.30. The quantitative estimate of drug-likeness (QED) is 0.572. The van der Waals surface area contributed by atoms with E-state index in [4.69, 9.17) is 5.11 Å². The van der Waals surface area contributed by atoms with Gasteiger partial charge in [-0.15, -0.1) is 0 Å². The summed E-state index contributed by atoms with van der Waals surface area (Å²) in [5.41, 5.74) is 0. The highest BCUT2D eigenvalue weighted by Gasteiger charge is 2.17. The van der Waals surface area contributed by atoms with Crippen LogP contribution in [-0.2, 0) is 14.6 Å². The van der Waals surface area contributed by atoms with E-state index in [-0.39, 0.29) is 18.7 Å². The van der Waals surface area contributed by atoms with Gasteiger partial charge in [-0.05, 0) is 6.42 Å². The van der Waals surface area contributed by atoms with Crippen molar-refractivity contribution < 1.29 is 23.1 Å². The molecule has 0 fully saturated rings. The molecule has 0 bridgehead atoms. The maximum Gasteiger partial charge on any atom is 0.326 e. The fraction of sp³-hybridized carbons (Fsp3) is 0.750. The van der Waals surface area contributed by atoms with Gasteiger partial charge < -0.3 is 15.7 Å². The summed E-state index contributed by atoms with van der Waals surface area (Å²) in [4.78, 5) is 21.7. The van der Waals surface area contributed by atoms with Crippen LogP contribution >= 0.6 is 0 Å². The molecular weight excluding hydrogens is 236 g/mol.